The van der Waals surface area contributed by atoms with Crippen molar-refractivity contribution in [2.24, 2.45) is 5.14 Å². The zero-order chi connectivity index (χ0) is 16.4. The third-order valence-corrected chi connectivity index (χ3v) is 6.44. The second-order valence-corrected chi connectivity index (χ2v) is 10.1. The Morgan fingerprint density at radius 3 is 2.33 bits per heavy atom. The van der Waals surface area contributed by atoms with E-state index in [0.717, 1.165) is 0 Å². The van der Waals surface area contributed by atoms with Crippen molar-refractivity contribution in [3.63, 3.8) is 0 Å². The van der Waals surface area contributed by atoms with E-state index in [2.05, 4.69) is 15.9 Å². The van der Waals surface area contributed by atoms with Crippen LogP contribution in [0.25, 0.3) is 0 Å². The number of sulfonamides is 1. The Morgan fingerprint density at radius 2 is 1.86 bits per heavy atom. The number of benzene rings is 1. The van der Waals surface area contributed by atoms with Crippen LogP contribution in [0.2, 0.25) is 5.02 Å². The fourth-order valence-corrected chi connectivity index (χ4v) is 3.96. The Balaban J connectivity index is 3.05. The smallest absolute Gasteiger partial charge is 0.241 e. The maximum absolute atomic E-state index is 11.7. The summed E-state index contributed by atoms with van der Waals surface area (Å²) in [5.41, 5.74) is 0. The molecule has 0 heterocycles. The molecular formula is C11H15BrClNO5S2. The predicted octanol–water partition coefficient (Wildman–Crippen LogP) is 1.95. The molecule has 0 atom stereocenters. The number of ether oxygens (including phenoxy) is 1. The first kappa shape index (κ1) is 18.7. The van der Waals surface area contributed by atoms with Crippen molar-refractivity contribution >= 4 is 47.4 Å². The molecule has 1 aromatic carbocycles. The number of hydrogen-bond donors (Lipinski definition) is 1. The van der Waals surface area contributed by atoms with Gasteiger partial charge in [-0.05, 0) is 26.0 Å². The van der Waals surface area contributed by atoms with Gasteiger partial charge in [0.15, 0.2) is 15.6 Å². The van der Waals surface area contributed by atoms with Crippen LogP contribution in [-0.4, -0.2) is 34.4 Å². The summed E-state index contributed by atoms with van der Waals surface area (Å²) in [6, 6.07) is 2.68. The van der Waals surface area contributed by atoms with Crippen LogP contribution in [0.5, 0.6) is 5.75 Å². The quantitative estimate of drug-likeness (QED) is 0.757. The monoisotopic (exact) mass is 419 g/mol. The Morgan fingerprint density at radius 1 is 1.29 bits per heavy atom. The summed E-state index contributed by atoms with van der Waals surface area (Å²) in [5, 5.41) is 4.58. The number of sulfone groups is 1. The summed E-state index contributed by atoms with van der Waals surface area (Å²) in [4.78, 5) is -0.302. The average molecular weight is 421 g/mol. The summed E-state index contributed by atoms with van der Waals surface area (Å²) >= 11 is 9.03. The third kappa shape index (κ3) is 5.10. The van der Waals surface area contributed by atoms with Gasteiger partial charge in [-0.25, -0.2) is 22.0 Å². The number of primary sulfonamides is 1. The molecule has 0 aromatic heterocycles. The largest absolute Gasteiger partial charge is 0.490 e. The molecule has 0 spiro atoms. The molecule has 21 heavy (non-hydrogen) atoms. The molecule has 0 saturated carbocycles. The zero-order valence-electron chi connectivity index (χ0n) is 11.3. The first-order chi connectivity index (χ1) is 9.45. The van der Waals surface area contributed by atoms with Gasteiger partial charge in [0.1, 0.15) is 11.5 Å². The molecule has 0 saturated heterocycles. The van der Waals surface area contributed by atoms with Crippen LogP contribution in [0.1, 0.15) is 13.8 Å². The van der Waals surface area contributed by atoms with Crippen molar-refractivity contribution in [1.29, 1.82) is 0 Å². The summed E-state index contributed by atoms with van der Waals surface area (Å²) in [7, 11) is -7.35. The molecule has 10 heteroatoms. The Hall–Kier alpha value is -0.350. The molecule has 1 rings (SSSR count). The Kier molecular flexibility index (Phi) is 6.08. The molecule has 0 aliphatic heterocycles. The van der Waals surface area contributed by atoms with Gasteiger partial charge < -0.3 is 4.74 Å². The standard InChI is InChI=1S/C11H15BrClNO5S2/c1-7(2)20(15,16)4-3-19-11-9(13)5-8(12)6-10(11)21(14,17)18/h5-7H,3-4H2,1-2H3,(H2,14,17,18). The highest BCUT2D eigenvalue weighted by atomic mass is 79.9. The van der Waals surface area contributed by atoms with Gasteiger partial charge in [0.05, 0.1) is 16.0 Å². The van der Waals surface area contributed by atoms with Gasteiger partial charge in [0.25, 0.3) is 0 Å². The summed E-state index contributed by atoms with van der Waals surface area (Å²) in [5.74, 6) is -0.400. The van der Waals surface area contributed by atoms with Crippen molar-refractivity contribution in [2.75, 3.05) is 12.4 Å². The van der Waals surface area contributed by atoms with Crippen LogP contribution in [-0.2, 0) is 19.9 Å². The van der Waals surface area contributed by atoms with Crippen molar-refractivity contribution < 1.29 is 21.6 Å². The Bertz CT molecular complexity index is 731. The van der Waals surface area contributed by atoms with E-state index in [1.165, 1.54) is 12.1 Å². The fourth-order valence-electron chi connectivity index (χ4n) is 1.38. The number of halogens is 2. The van der Waals surface area contributed by atoms with Gasteiger partial charge in [-0.2, -0.15) is 0 Å². The van der Waals surface area contributed by atoms with Gasteiger partial charge >= 0.3 is 0 Å². The van der Waals surface area contributed by atoms with Crippen molar-refractivity contribution in [3.05, 3.63) is 21.6 Å². The van der Waals surface area contributed by atoms with E-state index in [0.29, 0.717) is 4.47 Å². The fraction of sp³-hybridized carbons (Fsp3) is 0.455. The lowest BCUT2D eigenvalue weighted by atomic mass is 10.3. The summed E-state index contributed by atoms with van der Waals surface area (Å²) in [6.07, 6.45) is 0. The van der Waals surface area contributed by atoms with Crippen LogP contribution in [0, 0.1) is 0 Å². The lowest BCUT2D eigenvalue weighted by Crippen LogP contribution is -2.23. The van der Waals surface area contributed by atoms with E-state index in [4.69, 9.17) is 21.5 Å². The molecular weight excluding hydrogens is 406 g/mol. The minimum atomic E-state index is -4.05. The number of rotatable bonds is 6. The Labute approximate surface area is 137 Å². The topological polar surface area (TPSA) is 104 Å². The normalized spacial score (nSPS) is 12.7. The van der Waals surface area contributed by atoms with Crippen LogP contribution >= 0.6 is 27.5 Å². The lowest BCUT2D eigenvalue weighted by Gasteiger charge is -2.13. The maximum Gasteiger partial charge on any atom is 0.241 e. The third-order valence-electron chi connectivity index (χ3n) is 2.61. The van der Waals surface area contributed by atoms with Crippen molar-refractivity contribution in [1.82, 2.24) is 0 Å². The van der Waals surface area contributed by atoms with Gasteiger partial charge in [0, 0.05) is 4.47 Å². The molecule has 6 nitrogen and oxygen atoms in total. The van der Waals surface area contributed by atoms with Gasteiger partial charge in [-0.15, -0.1) is 0 Å². The molecule has 0 bridgehead atoms. The lowest BCUT2D eigenvalue weighted by molar-refractivity contribution is 0.331. The predicted molar refractivity (Wildman–Crippen MR) is 84.9 cm³/mol. The molecule has 0 fully saturated rings. The van der Waals surface area contributed by atoms with Gasteiger partial charge in [-0.1, -0.05) is 27.5 Å². The van der Waals surface area contributed by atoms with Crippen LogP contribution < -0.4 is 9.88 Å². The first-order valence-corrected chi connectivity index (χ1v) is 10.2. The van der Waals surface area contributed by atoms with Crippen LogP contribution in [0.3, 0.4) is 0 Å². The van der Waals surface area contributed by atoms with E-state index in [1.54, 1.807) is 13.8 Å². The SMILES string of the molecule is CC(C)S(=O)(=O)CCOc1c(Cl)cc(Br)cc1S(N)(=O)=O. The molecule has 0 radical (unpaired) electrons. The second-order valence-electron chi connectivity index (χ2n) is 4.52. The van der Waals surface area contributed by atoms with E-state index < -0.39 is 25.1 Å². The average Bonchev–Trinajstić information content (AvgIpc) is 2.29. The van der Waals surface area contributed by atoms with Crippen molar-refractivity contribution in [2.45, 2.75) is 24.0 Å². The number of nitrogens with two attached hydrogens (primary N) is 1. The molecule has 1 aromatic rings. The molecule has 0 amide bonds. The summed E-state index contributed by atoms with van der Waals surface area (Å²) in [6.45, 7) is 2.89. The molecule has 0 unspecified atom stereocenters. The van der Waals surface area contributed by atoms with E-state index >= 15 is 0 Å². The molecule has 0 aliphatic rings. The highest BCUT2D eigenvalue weighted by molar-refractivity contribution is 9.10. The minimum absolute atomic E-state index is 0.0235. The number of hydrogen-bond acceptors (Lipinski definition) is 5. The van der Waals surface area contributed by atoms with E-state index in [-0.39, 0.29) is 28.0 Å². The van der Waals surface area contributed by atoms with Gasteiger partial charge in [0.2, 0.25) is 10.0 Å². The minimum Gasteiger partial charge on any atom is -0.490 e. The van der Waals surface area contributed by atoms with Crippen molar-refractivity contribution in [3.8, 4) is 5.75 Å². The zero-order valence-corrected chi connectivity index (χ0v) is 15.3. The van der Waals surface area contributed by atoms with Gasteiger partial charge in [-0.3, -0.25) is 0 Å². The van der Waals surface area contributed by atoms with Crippen LogP contribution in [0.15, 0.2) is 21.5 Å². The second kappa shape index (κ2) is 6.82. The maximum atomic E-state index is 11.7. The highest BCUT2D eigenvalue weighted by Gasteiger charge is 2.21. The molecule has 0 aliphatic carbocycles. The van der Waals surface area contributed by atoms with E-state index in [9.17, 15) is 16.8 Å². The van der Waals surface area contributed by atoms with Crippen LogP contribution in [0.4, 0.5) is 0 Å². The van der Waals surface area contributed by atoms with E-state index in [1.807, 2.05) is 0 Å². The molecule has 2 N–H and O–H groups in total. The highest BCUT2D eigenvalue weighted by Crippen LogP contribution is 2.34. The first-order valence-electron chi connectivity index (χ1n) is 5.81. The summed E-state index contributed by atoms with van der Waals surface area (Å²) < 4.78 is 52.1. The molecule has 120 valence electrons.